The average Bonchev–Trinajstić information content (AvgIpc) is 2.43. The van der Waals surface area contributed by atoms with Crippen LogP contribution in [-0.4, -0.2) is 38.6 Å². The predicted octanol–water partition coefficient (Wildman–Crippen LogP) is 0.312. The zero-order chi connectivity index (χ0) is 14.1. The Morgan fingerprint density at radius 2 is 1.95 bits per heavy atom. The highest BCUT2D eigenvalue weighted by molar-refractivity contribution is 5.94. The molecule has 6 nitrogen and oxygen atoms in total. The van der Waals surface area contributed by atoms with E-state index in [1.165, 1.54) is 0 Å². The second-order valence-corrected chi connectivity index (χ2v) is 3.88. The van der Waals surface area contributed by atoms with E-state index in [-0.39, 0.29) is 24.2 Å². The van der Waals surface area contributed by atoms with E-state index in [4.69, 9.17) is 10.5 Å². The second kappa shape index (κ2) is 10.1. The Morgan fingerprint density at radius 3 is 2.60 bits per heavy atom. The quantitative estimate of drug-likeness (QED) is 0.632. The topological polar surface area (TPSA) is 93.5 Å². The number of nitrogens with one attached hydrogen (secondary N) is 2. The number of amides is 2. The first-order valence-corrected chi connectivity index (χ1v) is 6.06. The molecule has 0 aliphatic heterocycles. The Hall–Kier alpha value is -1.79. The zero-order valence-electron chi connectivity index (χ0n) is 11.3. The standard InChI is InChI=1S/C13H19N3O3.ClH/c1-19-11-4-2-3-10(9-11)13(18)16-8-7-15-12(17)5-6-14;/h2-4,9H,5-8,14H2,1H3,(H,15,17)(H,16,18);1H. The van der Waals surface area contributed by atoms with E-state index in [1.54, 1.807) is 31.4 Å². The first kappa shape index (κ1) is 18.2. The molecule has 0 saturated carbocycles. The molecule has 20 heavy (non-hydrogen) atoms. The van der Waals surface area contributed by atoms with Crippen molar-refractivity contribution in [3.63, 3.8) is 0 Å². The molecular weight excluding hydrogens is 282 g/mol. The van der Waals surface area contributed by atoms with E-state index >= 15 is 0 Å². The molecule has 0 fully saturated rings. The van der Waals surface area contributed by atoms with Gasteiger partial charge in [-0.05, 0) is 18.2 Å². The molecule has 0 atom stereocenters. The van der Waals surface area contributed by atoms with Gasteiger partial charge in [0.15, 0.2) is 0 Å². The molecule has 1 aromatic carbocycles. The minimum Gasteiger partial charge on any atom is -0.497 e. The molecule has 0 aliphatic rings. The summed E-state index contributed by atoms with van der Waals surface area (Å²) in [5.74, 6) is 0.314. The first-order valence-electron chi connectivity index (χ1n) is 6.06. The summed E-state index contributed by atoms with van der Waals surface area (Å²) in [7, 11) is 1.55. The van der Waals surface area contributed by atoms with E-state index in [1.807, 2.05) is 0 Å². The van der Waals surface area contributed by atoms with Gasteiger partial charge in [0.25, 0.3) is 5.91 Å². The molecule has 4 N–H and O–H groups in total. The van der Waals surface area contributed by atoms with Gasteiger partial charge in [-0.15, -0.1) is 12.4 Å². The molecular formula is C13H20ClN3O3. The van der Waals surface area contributed by atoms with Gasteiger partial charge in [-0.25, -0.2) is 0 Å². The number of carbonyl (C=O) groups is 2. The van der Waals surface area contributed by atoms with Crippen molar-refractivity contribution in [2.45, 2.75) is 6.42 Å². The summed E-state index contributed by atoms with van der Waals surface area (Å²) in [6.07, 6.45) is 0.295. The molecule has 1 rings (SSSR count). The van der Waals surface area contributed by atoms with Crippen LogP contribution in [0.2, 0.25) is 0 Å². The van der Waals surface area contributed by atoms with Crippen LogP contribution in [0.25, 0.3) is 0 Å². The van der Waals surface area contributed by atoms with Gasteiger partial charge in [0.05, 0.1) is 7.11 Å². The maximum Gasteiger partial charge on any atom is 0.251 e. The third kappa shape index (κ3) is 6.40. The van der Waals surface area contributed by atoms with Crippen molar-refractivity contribution in [1.29, 1.82) is 0 Å². The molecule has 0 heterocycles. The lowest BCUT2D eigenvalue weighted by Crippen LogP contribution is -2.35. The lowest BCUT2D eigenvalue weighted by molar-refractivity contribution is -0.120. The highest BCUT2D eigenvalue weighted by Gasteiger charge is 2.06. The molecule has 0 bridgehead atoms. The number of nitrogens with two attached hydrogens (primary N) is 1. The van der Waals surface area contributed by atoms with Gasteiger partial charge in [-0.1, -0.05) is 6.07 Å². The van der Waals surface area contributed by atoms with Crippen LogP contribution in [0, 0.1) is 0 Å². The molecule has 0 spiro atoms. The van der Waals surface area contributed by atoms with Gasteiger partial charge in [0.1, 0.15) is 5.75 Å². The van der Waals surface area contributed by atoms with Crippen LogP contribution in [-0.2, 0) is 4.79 Å². The molecule has 0 aliphatic carbocycles. The fourth-order valence-corrected chi connectivity index (χ4v) is 1.46. The number of halogens is 1. The Bertz CT molecular complexity index is 441. The van der Waals surface area contributed by atoms with Crippen molar-refractivity contribution in [3.8, 4) is 5.75 Å². The van der Waals surface area contributed by atoms with Crippen molar-refractivity contribution in [2.24, 2.45) is 5.73 Å². The summed E-state index contributed by atoms with van der Waals surface area (Å²) in [4.78, 5) is 22.9. The number of methoxy groups -OCH3 is 1. The largest absolute Gasteiger partial charge is 0.497 e. The second-order valence-electron chi connectivity index (χ2n) is 3.88. The van der Waals surface area contributed by atoms with Crippen LogP contribution in [0.15, 0.2) is 24.3 Å². The van der Waals surface area contributed by atoms with Gasteiger partial charge in [0, 0.05) is 31.6 Å². The van der Waals surface area contributed by atoms with Crippen molar-refractivity contribution < 1.29 is 14.3 Å². The lowest BCUT2D eigenvalue weighted by Gasteiger charge is -2.07. The smallest absolute Gasteiger partial charge is 0.251 e. The van der Waals surface area contributed by atoms with Crippen LogP contribution >= 0.6 is 12.4 Å². The molecule has 0 aromatic heterocycles. The van der Waals surface area contributed by atoms with E-state index in [2.05, 4.69) is 10.6 Å². The van der Waals surface area contributed by atoms with Crippen LogP contribution < -0.4 is 21.1 Å². The Balaban J connectivity index is 0.00000361. The molecule has 0 unspecified atom stereocenters. The summed E-state index contributed by atoms with van der Waals surface area (Å²) < 4.78 is 5.04. The molecule has 1 aromatic rings. The monoisotopic (exact) mass is 301 g/mol. The maximum atomic E-state index is 11.8. The number of benzene rings is 1. The van der Waals surface area contributed by atoms with Gasteiger partial charge < -0.3 is 21.1 Å². The van der Waals surface area contributed by atoms with Gasteiger partial charge in [0.2, 0.25) is 5.91 Å². The molecule has 2 amide bonds. The van der Waals surface area contributed by atoms with Gasteiger partial charge in [-0.3, -0.25) is 9.59 Å². The fourth-order valence-electron chi connectivity index (χ4n) is 1.46. The van der Waals surface area contributed by atoms with Crippen molar-refractivity contribution in [2.75, 3.05) is 26.7 Å². The van der Waals surface area contributed by atoms with E-state index in [0.29, 0.717) is 37.4 Å². The maximum absolute atomic E-state index is 11.8. The summed E-state index contributed by atoms with van der Waals surface area (Å²) in [6, 6.07) is 6.87. The minimum atomic E-state index is -0.202. The summed E-state index contributed by atoms with van der Waals surface area (Å²) in [5.41, 5.74) is 5.76. The fraction of sp³-hybridized carbons (Fsp3) is 0.385. The summed E-state index contributed by atoms with van der Waals surface area (Å²) >= 11 is 0. The van der Waals surface area contributed by atoms with E-state index < -0.39 is 0 Å². The normalized spacial score (nSPS) is 9.30. The number of hydrogen-bond donors (Lipinski definition) is 3. The zero-order valence-corrected chi connectivity index (χ0v) is 12.2. The number of carbonyl (C=O) groups excluding carboxylic acids is 2. The van der Waals surface area contributed by atoms with E-state index in [9.17, 15) is 9.59 Å². The number of rotatable bonds is 7. The van der Waals surface area contributed by atoms with Crippen molar-refractivity contribution >= 4 is 24.2 Å². The number of ether oxygens (including phenoxy) is 1. The van der Waals surface area contributed by atoms with Crippen molar-refractivity contribution in [1.82, 2.24) is 10.6 Å². The SMILES string of the molecule is COc1cccc(C(=O)NCCNC(=O)CCN)c1.Cl. The van der Waals surface area contributed by atoms with Crippen LogP contribution in [0.1, 0.15) is 16.8 Å². The van der Waals surface area contributed by atoms with Crippen molar-refractivity contribution in [3.05, 3.63) is 29.8 Å². The highest BCUT2D eigenvalue weighted by atomic mass is 35.5. The highest BCUT2D eigenvalue weighted by Crippen LogP contribution is 2.11. The molecule has 0 radical (unpaired) electrons. The summed E-state index contributed by atoms with van der Waals surface area (Å²) in [5, 5.41) is 5.36. The third-order valence-corrected chi connectivity index (χ3v) is 2.44. The van der Waals surface area contributed by atoms with Crippen LogP contribution in [0.3, 0.4) is 0 Å². The Labute approximate surface area is 124 Å². The minimum absolute atomic E-state index is 0. The molecule has 7 heteroatoms. The predicted molar refractivity (Wildman–Crippen MR) is 79.3 cm³/mol. The van der Waals surface area contributed by atoms with Crippen LogP contribution in [0.5, 0.6) is 5.75 Å². The Morgan fingerprint density at radius 1 is 1.25 bits per heavy atom. The molecule has 112 valence electrons. The number of hydrogen-bond acceptors (Lipinski definition) is 4. The third-order valence-electron chi connectivity index (χ3n) is 2.44. The molecule has 0 saturated heterocycles. The van der Waals surface area contributed by atoms with Gasteiger partial charge in [-0.2, -0.15) is 0 Å². The Kier molecular flexibility index (Phi) is 9.15. The van der Waals surface area contributed by atoms with Crippen LogP contribution in [0.4, 0.5) is 0 Å². The van der Waals surface area contributed by atoms with E-state index in [0.717, 1.165) is 0 Å². The first-order chi connectivity index (χ1) is 9.17. The average molecular weight is 302 g/mol. The lowest BCUT2D eigenvalue weighted by atomic mass is 10.2. The van der Waals surface area contributed by atoms with Gasteiger partial charge >= 0.3 is 0 Å². The summed E-state index contributed by atoms with van der Waals surface area (Å²) in [6.45, 7) is 1.07.